The summed E-state index contributed by atoms with van der Waals surface area (Å²) in [6.45, 7) is 2.84. The molecule has 1 aromatic carbocycles. The van der Waals surface area contributed by atoms with Crippen molar-refractivity contribution in [3.05, 3.63) is 35.4 Å². The van der Waals surface area contributed by atoms with Gasteiger partial charge < -0.3 is 15.7 Å². The number of benzene rings is 1. The van der Waals surface area contributed by atoms with Crippen molar-refractivity contribution < 1.29 is 18.7 Å². The average molecular weight is 312 g/mol. The number of rotatable bonds is 7. The SMILES string of the molecule is CC(CCO)CNC(=O)NCC1(c2ccc(F)cc2F)CC1. The summed E-state index contributed by atoms with van der Waals surface area (Å²) in [6.07, 6.45) is 2.18. The zero-order chi connectivity index (χ0) is 16.2. The zero-order valence-corrected chi connectivity index (χ0v) is 12.7. The van der Waals surface area contributed by atoms with Crippen molar-refractivity contribution in [3.8, 4) is 0 Å². The number of hydrogen-bond acceptors (Lipinski definition) is 2. The quantitative estimate of drug-likeness (QED) is 0.723. The zero-order valence-electron chi connectivity index (χ0n) is 12.7. The van der Waals surface area contributed by atoms with Crippen LogP contribution in [0, 0.1) is 17.6 Å². The number of carbonyl (C=O) groups is 1. The maximum absolute atomic E-state index is 13.9. The molecule has 22 heavy (non-hydrogen) atoms. The van der Waals surface area contributed by atoms with Crippen LogP contribution < -0.4 is 10.6 Å². The lowest BCUT2D eigenvalue weighted by Crippen LogP contribution is -2.41. The predicted molar refractivity (Wildman–Crippen MR) is 79.5 cm³/mol. The van der Waals surface area contributed by atoms with E-state index in [1.807, 2.05) is 6.92 Å². The van der Waals surface area contributed by atoms with Gasteiger partial charge in [0.2, 0.25) is 0 Å². The summed E-state index contributed by atoms with van der Waals surface area (Å²) < 4.78 is 26.8. The van der Waals surface area contributed by atoms with E-state index in [0.717, 1.165) is 18.9 Å². The van der Waals surface area contributed by atoms with Crippen LogP contribution in [0.3, 0.4) is 0 Å². The number of halogens is 2. The van der Waals surface area contributed by atoms with Gasteiger partial charge in [-0.15, -0.1) is 0 Å². The molecule has 6 heteroatoms. The van der Waals surface area contributed by atoms with Crippen LogP contribution in [0.2, 0.25) is 0 Å². The Kier molecular flexibility index (Phi) is 5.34. The van der Waals surface area contributed by atoms with Gasteiger partial charge in [0, 0.05) is 31.2 Å². The van der Waals surface area contributed by atoms with Crippen molar-refractivity contribution in [3.63, 3.8) is 0 Å². The van der Waals surface area contributed by atoms with Gasteiger partial charge in [-0.3, -0.25) is 0 Å². The minimum absolute atomic E-state index is 0.0947. The third-order valence-electron chi connectivity index (χ3n) is 4.18. The van der Waals surface area contributed by atoms with Gasteiger partial charge in [0.15, 0.2) is 0 Å². The number of nitrogens with one attached hydrogen (secondary N) is 2. The molecule has 1 aliphatic carbocycles. The van der Waals surface area contributed by atoms with E-state index in [1.54, 1.807) is 0 Å². The first kappa shape index (κ1) is 16.7. The van der Waals surface area contributed by atoms with Crippen molar-refractivity contribution in [1.29, 1.82) is 0 Å². The normalized spacial score (nSPS) is 16.9. The first-order chi connectivity index (χ1) is 10.5. The summed E-state index contributed by atoms with van der Waals surface area (Å²) in [5, 5.41) is 14.3. The van der Waals surface area contributed by atoms with Crippen LogP contribution in [0.25, 0.3) is 0 Å². The summed E-state index contributed by atoms with van der Waals surface area (Å²) in [7, 11) is 0. The molecule has 0 bridgehead atoms. The summed E-state index contributed by atoms with van der Waals surface area (Å²) in [4.78, 5) is 11.8. The third-order valence-corrected chi connectivity index (χ3v) is 4.18. The Morgan fingerprint density at radius 2 is 2.09 bits per heavy atom. The molecule has 0 saturated heterocycles. The molecule has 4 nitrogen and oxygen atoms in total. The van der Waals surface area contributed by atoms with Crippen LogP contribution in [0.4, 0.5) is 13.6 Å². The molecule has 1 atom stereocenters. The highest BCUT2D eigenvalue weighted by molar-refractivity contribution is 5.74. The number of hydrogen-bond donors (Lipinski definition) is 3. The van der Waals surface area contributed by atoms with E-state index in [-0.39, 0.29) is 18.6 Å². The van der Waals surface area contributed by atoms with Gasteiger partial charge in [-0.1, -0.05) is 13.0 Å². The molecular formula is C16H22F2N2O2. The molecule has 0 radical (unpaired) electrons. The predicted octanol–water partition coefficient (Wildman–Crippen LogP) is 2.31. The molecule has 1 aliphatic rings. The highest BCUT2D eigenvalue weighted by atomic mass is 19.1. The average Bonchev–Trinajstić information content (AvgIpc) is 3.24. The van der Waals surface area contributed by atoms with Gasteiger partial charge in [0.25, 0.3) is 0 Å². The second-order valence-corrected chi connectivity index (χ2v) is 6.09. The Balaban J connectivity index is 1.84. The summed E-state index contributed by atoms with van der Waals surface area (Å²) >= 11 is 0. The minimum atomic E-state index is -0.597. The number of aliphatic hydroxyl groups is 1. The first-order valence-corrected chi connectivity index (χ1v) is 7.55. The minimum Gasteiger partial charge on any atom is -0.396 e. The molecule has 1 saturated carbocycles. The van der Waals surface area contributed by atoms with E-state index < -0.39 is 17.0 Å². The number of carbonyl (C=O) groups excluding carboxylic acids is 1. The third kappa shape index (κ3) is 4.16. The molecule has 0 aromatic heterocycles. The Morgan fingerprint density at radius 3 is 2.68 bits per heavy atom. The van der Waals surface area contributed by atoms with Gasteiger partial charge in [-0.05, 0) is 36.8 Å². The Hall–Kier alpha value is -1.69. The van der Waals surface area contributed by atoms with Crippen LogP contribution in [0.5, 0.6) is 0 Å². The molecule has 0 spiro atoms. The van der Waals surface area contributed by atoms with Crippen molar-refractivity contribution in [2.24, 2.45) is 5.92 Å². The van der Waals surface area contributed by atoms with E-state index in [0.29, 0.717) is 25.1 Å². The molecule has 122 valence electrons. The van der Waals surface area contributed by atoms with E-state index in [2.05, 4.69) is 10.6 Å². The van der Waals surface area contributed by atoms with Crippen molar-refractivity contribution in [1.82, 2.24) is 10.6 Å². The standard InChI is InChI=1S/C16H22F2N2O2/c1-11(4-7-21)9-19-15(22)20-10-16(5-6-16)13-3-2-12(17)8-14(13)18/h2-3,8,11,21H,4-7,9-10H2,1H3,(H2,19,20,22). The van der Waals surface area contributed by atoms with E-state index in [9.17, 15) is 13.6 Å². The van der Waals surface area contributed by atoms with Crippen molar-refractivity contribution >= 4 is 6.03 Å². The maximum atomic E-state index is 13.9. The smallest absolute Gasteiger partial charge is 0.314 e. The molecule has 0 aliphatic heterocycles. The van der Waals surface area contributed by atoms with Crippen molar-refractivity contribution in [2.75, 3.05) is 19.7 Å². The Labute approximate surface area is 128 Å². The molecule has 0 heterocycles. The van der Waals surface area contributed by atoms with Gasteiger partial charge in [0.05, 0.1) is 0 Å². The lowest BCUT2D eigenvalue weighted by molar-refractivity contribution is 0.233. The Bertz CT molecular complexity index is 533. The molecule has 2 amide bonds. The molecule has 3 N–H and O–H groups in total. The fourth-order valence-corrected chi connectivity index (χ4v) is 2.51. The van der Waals surface area contributed by atoms with Crippen LogP contribution >= 0.6 is 0 Å². The highest BCUT2D eigenvalue weighted by Crippen LogP contribution is 2.48. The molecular weight excluding hydrogens is 290 g/mol. The van der Waals surface area contributed by atoms with Crippen LogP contribution in [0.15, 0.2) is 18.2 Å². The fourth-order valence-electron chi connectivity index (χ4n) is 2.51. The van der Waals surface area contributed by atoms with Crippen molar-refractivity contribution in [2.45, 2.75) is 31.6 Å². The lowest BCUT2D eigenvalue weighted by atomic mass is 9.95. The second-order valence-electron chi connectivity index (χ2n) is 6.09. The second kappa shape index (κ2) is 7.05. The topological polar surface area (TPSA) is 61.4 Å². The van der Waals surface area contributed by atoms with Crippen LogP contribution in [0.1, 0.15) is 31.7 Å². The fraction of sp³-hybridized carbons (Fsp3) is 0.562. The van der Waals surface area contributed by atoms with Gasteiger partial charge in [0.1, 0.15) is 11.6 Å². The maximum Gasteiger partial charge on any atom is 0.314 e. The molecule has 1 fully saturated rings. The molecule has 2 rings (SSSR count). The molecule has 1 aromatic rings. The number of amides is 2. The lowest BCUT2D eigenvalue weighted by Gasteiger charge is -2.18. The van der Waals surface area contributed by atoms with Gasteiger partial charge in [-0.2, -0.15) is 0 Å². The highest BCUT2D eigenvalue weighted by Gasteiger charge is 2.46. The van der Waals surface area contributed by atoms with E-state index in [1.165, 1.54) is 12.1 Å². The number of aliphatic hydroxyl groups excluding tert-OH is 1. The first-order valence-electron chi connectivity index (χ1n) is 7.55. The summed E-state index contributed by atoms with van der Waals surface area (Å²) in [5.41, 5.74) is 0.0501. The summed E-state index contributed by atoms with van der Waals surface area (Å²) in [6, 6.07) is 3.28. The van der Waals surface area contributed by atoms with E-state index in [4.69, 9.17) is 5.11 Å². The molecule has 1 unspecified atom stereocenters. The van der Waals surface area contributed by atoms with Gasteiger partial charge in [-0.25, -0.2) is 13.6 Å². The van der Waals surface area contributed by atoms with Crippen LogP contribution in [-0.4, -0.2) is 30.8 Å². The monoisotopic (exact) mass is 312 g/mol. The largest absolute Gasteiger partial charge is 0.396 e. The van der Waals surface area contributed by atoms with E-state index >= 15 is 0 Å². The Morgan fingerprint density at radius 1 is 1.36 bits per heavy atom. The van der Waals surface area contributed by atoms with Gasteiger partial charge >= 0.3 is 6.03 Å². The van der Waals surface area contributed by atoms with Crippen LogP contribution in [-0.2, 0) is 5.41 Å². The number of urea groups is 1. The summed E-state index contributed by atoms with van der Waals surface area (Å²) in [5.74, 6) is -0.961.